The third-order valence-corrected chi connectivity index (χ3v) is 10.2. The predicted molar refractivity (Wildman–Crippen MR) is 118 cm³/mol. The molecule has 0 unspecified atom stereocenters. The van der Waals surface area contributed by atoms with E-state index in [1.54, 1.807) is 6.08 Å². The Kier molecular flexibility index (Phi) is 5.32. The molecule has 0 aromatic heterocycles. The fourth-order valence-electron chi connectivity index (χ4n) is 7.72. The van der Waals surface area contributed by atoms with E-state index in [0.29, 0.717) is 19.3 Å². The Hall–Kier alpha value is -1.17. The lowest BCUT2D eigenvalue weighted by molar-refractivity contribution is -0.198. The SMILES string of the molecule is CC(=O)O[C@]1(C(=O)CCl)[C@@H](C)C[C@H]2[C@@H]3CCC4=CC(=O)C=C[C@]4(C)[C@@]3(Cl)[C@@H](O)C[C@@]21C. The number of rotatable bonds is 3. The molecule has 0 aromatic rings. The summed E-state index contributed by atoms with van der Waals surface area (Å²) in [5.41, 5.74) is -1.90. The van der Waals surface area contributed by atoms with E-state index in [4.69, 9.17) is 27.9 Å². The van der Waals surface area contributed by atoms with Crippen LogP contribution in [-0.4, -0.2) is 45.1 Å². The summed E-state index contributed by atoms with van der Waals surface area (Å²) < 4.78 is 5.85. The van der Waals surface area contributed by atoms with E-state index in [0.717, 1.165) is 5.57 Å². The molecule has 7 heteroatoms. The van der Waals surface area contributed by atoms with E-state index >= 15 is 0 Å². The summed E-state index contributed by atoms with van der Waals surface area (Å²) in [4.78, 5) is 36.4. The molecular weight excluding hydrogens is 439 g/mol. The topological polar surface area (TPSA) is 80.7 Å². The first-order chi connectivity index (χ1) is 14.4. The number of hydrogen-bond donors (Lipinski definition) is 1. The zero-order valence-corrected chi connectivity index (χ0v) is 19.9. The monoisotopic (exact) mass is 468 g/mol. The van der Waals surface area contributed by atoms with Gasteiger partial charge >= 0.3 is 5.97 Å². The standard InChI is InChI=1S/C24H30Cl2O5/c1-13-9-18-17-6-5-15-10-16(28)7-8-21(15,3)23(17,26)19(29)11-22(18,4)24(13,20(30)12-25)31-14(2)27/h7-8,10,13,17-19,29H,5-6,9,11-12H2,1-4H3/t13-,17-,18-,19-,21-,22-,23-,24-/m0/s1. The molecule has 0 amide bonds. The van der Waals surface area contributed by atoms with Gasteiger partial charge < -0.3 is 9.84 Å². The van der Waals surface area contributed by atoms with Crippen LogP contribution in [0, 0.1) is 28.6 Å². The minimum atomic E-state index is -1.39. The van der Waals surface area contributed by atoms with Crippen LogP contribution in [0.4, 0.5) is 0 Å². The van der Waals surface area contributed by atoms with Crippen molar-refractivity contribution in [3.63, 3.8) is 0 Å². The summed E-state index contributed by atoms with van der Waals surface area (Å²) in [5, 5.41) is 11.6. The molecule has 0 radical (unpaired) electrons. The van der Waals surface area contributed by atoms with Gasteiger partial charge in [-0.2, -0.15) is 0 Å². The summed E-state index contributed by atoms with van der Waals surface area (Å²) in [5.74, 6) is -1.58. The molecule has 0 saturated heterocycles. The van der Waals surface area contributed by atoms with Crippen LogP contribution in [0.5, 0.6) is 0 Å². The summed E-state index contributed by atoms with van der Waals surface area (Å²) in [6.07, 6.45) is 6.32. The van der Waals surface area contributed by atoms with Gasteiger partial charge in [0.05, 0.1) is 16.9 Å². The number of aliphatic hydroxyl groups is 1. The van der Waals surface area contributed by atoms with Crippen molar-refractivity contribution in [3.8, 4) is 0 Å². The number of ketones is 2. The molecule has 5 nitrogen and oxygen atoms in total. The highest BCUT2D eigenvalue weighted by Crippen LogP contribution is 2.72. The molecular formula is C24H30Cl2O5. The first-order valence-electron chi connectivity index (χ1n) is 11.0. The lowest BCUT2D eigenvalue weighted by atomic mass is 9.45. The van der Waals surface area contributed by atoms with E-state index in [2.05, 4.69) is 0 Å². The molecule has 1 N–H and O–H groups in total. The van der Waals surface area contributed by atoms with Gasteiger partial charge in [-0.1, -0.05) is 32.4 Å². The van der Waals surface area contributed by atoms with Crippen molar-refractivity contribution in [1.82, 2.24) is 0 Å². The van der Waals surface area contributed by atoms with Gasteiger partial charge in [-0.05, 0) is 49.7 Å². The number of esters is 1. The van der Waals surface area contributed by atoms with Crippen molar-refractivity contribution in [3.05, 3.63) is 23.8 Å². The second-order valence-corrected chi connectivity index (χ2v) is 11.2. The van der Waals surface area contributed by atoms with E-state index < -0.39 is 33.4 Å². The average Bonchev–Trinajstić information content (AvgIpc) is 2.90. The van der Waals surface area contributed by atoms with Crippen molar-refractivity contribution in [2.24, 2.45) is 28.6 Å². The minimum Gasteiger partial charge on any atom is -0.450 e. The molecule has 3 fully saturated rings. The fourth-order valence-corrected chi connectivity index (χ4v) is 8.45. The third-order valence-electron chi connectivity index (χ3n) is 9.02. The van der Waals surface area contributed by atoms with Crippen molar-refractivity contribution in [1.29, 1.82) is 0 Å². The molecule has 0 spiro atoms. The number of ether oxygens (including phenoxy) is 1. The second-order valence-electron chi connectivity index (χ2n) is 10.3. The number of carbonyl (C=O) groups is 3. The molecule has 3 saturated carbocycles. The Bertz CT molecular complexity index is 912. The Morgan fingerprint density at radius 2 is 1.97 bits per heavy atom. The molecule has 0 aliphatic heterocycles. The lowest BCUT2D eigenvalue weighted by Crippen LogP contribution is -2.69. The normalized spacial score (nSPS) is 48.4. The van der Waals surface area contributed by atoms with Crippen LogP contribution in [0.25, 0.3) is 0 Å². The van der Waals surface area contributed by atoms with E-state index in [1.165, 1.54) is 13.0 Å². The van der Waals surface area contributed by atoms with Gasteiger partial charge in [0.1, 0.15) is 0 Å². The smallest absolute Gasteiger partial charge is 0.303 e. The Morgan fingerprint density at radius 1 is 1.29 bits per heavy atom. The van der Waals surface area contributed by atoms with Gasteiger partial charge in [0.15, 0.2) is 17.2 Å². The highest BCUT2D eigenvalue weighted by atomic mass is 35.5. The molecule has 0 bridgehead atoms. The van der Waals surface area contributed by atoms with Crippen molar-refractivity contribution in [2.75, 3.05) is 5.88 Å². The van der Waals surface area contributed by atoms with E-state index in [1.807, 2.05) is 26.8 Å². The number of halogens is 2. The Morgan fingerprint density at radius 3 is 2.58 bits per heavy atom. The summed E-state index contributed by atoms with van der Waals surface area (Å²) in [6, 6.07) is 0. The molecule has 8 atom stereocenters. The van der Waals surface area contributed by atoms with Gasteiger partial charge in [0, 0.05) is 23.7 Å². The molecule has 0 heterocycles. The second kappa shape index (κ2) is 7.16. The Balaban J connectivity index is 1.86. The summed E-state index contributed by atoms with van der Waals surface area (Å²) in [7, 11) is 0. The van der Waals surface area contributed by atoms with Gasteiger partial charge in [-0.3, -0.25) is 14.4 Å². The van der Waals surface area contributed by atoms with Crippen LogP contribution in [-0.2, 0) is 19.1 Å². The molecule has 170 valence electrons. The van der Waals surface area contributed by atoms with Gasteiger partial charge in [0.2, 0.25) is 0 Å². The van der Waals surface area contributed by atoms with Gasteiger partial charge in [-0.15, -0.1) is 23.2 Å². The van der Waals surface area contributed by atoms with Crippen LogP contribution in [0.3, 0.4) is 0 Å². The van der Waals surface area contributed by atoms with Crippen LogP contribution in [0.1, 0.15) is 53.4 Å². The Labute approximate surface area is 193 Å². The third kappa shape index (κ3) is 2.69. The molecule has 4 rings (SSSR count). The van der Waals surface area contributed by atoms with Crippen molar-refractivity contribution in [2.45, 2.75) is 70.0 Å². The van der Waals surface area contributed by atoms with Crippen molar-refractivity contribution >= 4 is 40.7 Å². The number of fused-ring (bicyclic) bond motifs is 5. The number of Topliss-reactive ketones (excluding diaryl/α,β-unsaturated/α-hetero) is 1. The zero-order valence-electron chi connectivity index (χ0n) is 18.4. The summed E-state index contributed by atoms with van der Waals surface area (Å²) in [6.45, 7) is 7.17. The fraction of sp³-hybridized carbons (Fsp3) is 0.708. The van der Waals surface area contributed by atoms with Crippen LogP contribution < -0.4 is 0 Å². The predicted octanol–water partition coefficient (Wildman–Crippen LogP) is 3.98. The molecule has 31 heavy (non-hydrogen) atoms. The number of hydrogen-bond acceptors (Lipinski definition) is 5. The lowest BCUT2D eigenvalue weighted by Gasteiger charge is -2.64. The minimum absolute atomic E-state index is 0.0423. The maximum atomic E-state index is 13.2. The number of alkyl halides is 2. The first-order valence-corrected chi connectivity index (χ1v) is 11.9. The van der Waals surface area contributed by atoms with Crippen LogP contribution in [0.15, 0.2) is 23.8 Å². The highest BCUT2D eigenvalue weighted by molar-refractivity contribution is 6.29. The number of aliphatic hydroxyl groups excluding tert-OH is 1. The number of allylic oxidation sites excluding steroid dienone is 4. The average molecular weight is 469 g/mol. The van der Waals surface area contributed by atoms with Gasteiger partial charge in [-0.25, -0.2) is 0 Å². The first kappa shape index (κ1) is 23.0. The van der Waals surface area contributed by atoms with Crippen LogP contribution in [0.2, 0.25) is 0 Å². The molecule has 4 aliphatic carbocycles. The maximum Gasteiger partial charge on any atom is 0.303 e. The van der Waals surface area contributed by atoms with Gasteiger partial charge in [0.25, 0.3) is 0 Å². The summed E-state index contributed by atoms with van der Waals surface area (Å²) >= 11 is 13.4. The maximum absolute atomic E-state index is 13.2. The molecule has 4 aliphatic rings. The van der Waals surface area contributed by atoms with Crippen molar-refractivity contribution < 1.29 is 24.2 Å². The largest absolute Gasteiger partial charge is 0.450 e. The van der Waals surface area contributed by atoms with E-state index in [-0.39, 0.29) is 41.6 Å². The zero-order chi connectivity index (χ0) is 23.0. The van der Waals surface area contributed by atoms with E-state index in [9.17, 15) is 19.5 Å². The highest BCUT2D eigenvalue weighted by Gasteiger charge is 2.76. The number of carbonyl (C=O) groups excluding carboxylic acids is 3. The van der Waals surface area contributed by atoms with Crippen LogP contribution >= 0.6 is 23.2 Å². The quantitative estimate of drug-likeness (QED) is 0.500. The molecule has 0 aromatic carbocycles.